The van der Waals surface area contributed by atoms with Crippen molar-refractivity contribution in [2.45, 2.75) is 58.0 Å². The van der Waals surface area contributed by atoms with Crippen LogP contribution in [0.5, 0.6) is 0 Å². The van der Waals surface area contributed by atoms with Gasteiger partial charge in [-0.25, -0.2) is 0 Å². The molecule has 1 aliphatic carbocycles. The first kappa shape index (κ1) is 16.6. The molecular weight excluding hydrogens is 286 g/mol. The number of amidine groups is 1. The van der Waals surface area contributed by atoms with E-state index in [0.29, 0.717) is 0 Å². The van der Waals surface area contributed by atoms with E-state index in [4.69, 9.17) is 4.99 Å². The van der Waals surface area contributed by atoms with Gasteiger partial charge in [-0.15, -0.1) is 0 Å². The largest absolute Gasteiger partial charge is 0.392 e. The standard InChI is InChI=1S/C19H31N3O/c1-5-22(12-15-8-6-7-9-15)18-16(13-23)10-19(3)17(20-18)14(2)11-21(19)4/h10-11,15,17,23H,5-9,12-13H2,1-4H3/t17?,19-/m1/s1. The van der Waals surface area contributed by atoms with Crippen molar-refractivity contribution >= 4 is 5.84 Å². The minimum absolute atomic E-state index is 0.0647. The summed E-state index contributed by atoms with van der Waals surface area (Å²) in [5.74, 6) is 1.81. The van der Waals surface area contributed by atoms with E-state index < -0.39 is 0 Å². The predicted octanol–water partition coefficient (Wildman–Crippen LogP) is 2.81. The maximum atomic E-state index is 9.94. The summed E-state index contributed by atoms with van der Waals surface area (Å²) in [6.45, 7) is 8.68. The molecule has 0 aromatic carbocycles. The lowest BCUT2D eigenvalue weighted by Crippen LogP contribution is -2.50. The maximum Gasteiger partial charge on any atom is 0.129 e. The van der Waals surface area contributed by atoms with Crippen LogP contribution in [0.3, 0.4) is 0 Å². The molecule has 0 aromatic rings. The molecule has 4 heteroatoms. The normalized spacial score (nSPS) is 30.9. The van der Waals surface area contributed by atoms with Crippen molar-refractivity contribution in [3.8, 4) is 0 Å². The van der Waals surface area contributed by atoms with Crippen LogP contribution in [-0.4, -0.2) is 59.1 Å². The average Bonchev–Trinajstić information content (AvgIpc) is 3.11. The number of aliphatic imine (C=N–C) groups is 1. The Labute approximate surface area is 140 Å². The SMILES string of the molecule is CCN(CC1CCCC1)C1=NC2C(C)=CN(C)[C@]2(C)C=C1CO. The topological polar surface area (TPSA) is 39.1 Å². The molecule has 2 aliphatic heterocycles. The van der Waals surface area contributed by atoms with Crippen LogP contribution in [0.1, 0.15) is 46.5 Å². The summed E-state index contributed by atoms with van der Waals surface area (Å²) in [7, 11) is 2.10. The first-order valence-electron chi connectivity index (χ1n) is 9.06. The molecule has 0 bridgehead atoms. The van der Waals surface area contributed by atoms with E-state index >= 15 is 0 Å². The molecule has 1 fully saturated rings. The number of likely N-dealkylation sites (N-methyl/N-ethyl adjacent to an activating group) is 2. The van der Waals surface area contributed by atoms with Crippen molar-refractivity contribution < 1.29 is 5.11 Å². The lowest BCUT2D eigenvalue weighted by atomic mass is 9.85. The van der Waals surface area contributed by atoms with Gasteiger partial charge >= 0.3 is 0 Å². The zero-order chi connectivity index (χ0) is 16.6. The Hall–Kier alpha value is -1.29. The van der Waals surface area contributed by atoms with Crippen LogP contribution < -0.4 is 0 Å². The zero-order valence-corrected chi connectivity index (χ0v) is 15.0. The Kier molecular flexibility index (Phi) is 4.54. The number of fused-ring (bicyclic) bond motifs is 1. The third-order valence-corrected chi connectivity index (χ3v) is 5.95. The van der Waals surface area contributed by atoms with Crippen molar-refractivity contribution in [3.05, 3.63) is 23.4 Å². The Morgan fingerprint density at radius 1 is 1.39 bits per heavy atom. The number of aliphatic hydroxyl groups is 1. The predicted molar refractivity (Wildman–Crippen MR) is 95.5 cm³/mol. The summed E-state index contributed by atoms with van der Waals surface area (Å²) in [5, 5.41) is 9.94. The van der Waals surface area contributed by atoms with Gasteiger partial charge in [-0.1, -0.05) is 12.8 Å². The number of aliphatic hydroxyl groups excluding tert-OH is 1. The molecule has 2 atom stereocenters. The molecule has 1 unspecified atom stereocenters. The van der Waals surface area contributed by atoms with E-state index in [0.717, 1.165) is 30.4 Å². The molecular formula is C19H31N3O. The van der Waals surface area contributed by atoms with Crippen LogP contribution in [0, 0.1) is 5.92 Å². The molecule has 0 radical (unpaired) electrons. The van der Waals surface area contributed by atoms with Crippen molar-refractivity contribution in [1.82, 2.24) is 9.80 Å². The molecule has 3 aliphatic rings. The fourth-order valence-electron chi connectivity index (χ4n) is 4.48. The molecule has 128 valence electrons. The lowest BCUT2D eigenvalue weighted by Gasteiger charge is -2.41. The van der Waals surface area contributed by atoms with Crippen LogP contribution in [-0.2, 0) is 0 Å². The highest BCUT2D eigenvalue weighted by atomic mass is 16.3. The molecule has 0 spiro atoms. The van der Waals surface area contributed by atoms with Gasteiger partial charge in [0.05, 0.1) is 12.1 Å². The van der Waals surface area contributed by atoms with Gasteiger partial charge in [-0.2, -0.15) is 0 Å². The van der Waals surface area contributed by atoms with Gasteiger partial charge in [0.2, 0.25) is 0 Å². The Morgan fingerprint density at radius 2 is 2.09 bits per heavy atom. The number of nitrogens with zero attached hydrogens (tertiary/aromatic N) is 3. The minimum atomic E-state index is -0.140. The van der Waals surface area contributed by atoms with Crippen molar-refractivity contribution in [3.63, 3.8) is 0 Å². The smallest absolute Gasteiger partial charge is 0.129 e. The highest BCUT2D eigenvalue weighted by Gasteiger charge is 2.44. The van der Waals surface area contributed by atoms with Crippen molar-refractivity contribution in [2.75, 3.05) is 26.7 Å². The van der Waals surface area contributed by atoms with Crippen LogP contribution in [0.25, 0.3) is 0 Å². The second-order valence-corrected chi connectivity index (χ2v) is 7.58. The van der Waals surface area contributed by atoms with Crippen LogP contribution >= 0.6 is 0 Å². The number of dihydropyridines is 1. The fraction of sp³-hybridized carbons (Fsp3) is 0.737. The third kappa shape index (κ3) is 2.82. The zero-order valence-electron chi connectivity index (χ0n) is 15.0. The maximum absolute atomic E-state index is 9.94. The van der Waals surface area contributed by atoms with Gasteiger partial charge in [0.1, 0.15) is 11.9 Å². The van der Waals surface area contributed by atoms with Gasteiger partial charge in [0.25, 0.3) is 0 Å². The van der Waals surface area contributed by atoms with E-state index in [1.807, 2.05) is 0 Å². The second-order valence-electron chi connectivity index (χ2n) is 7.58. The molecule has 0 amide bonds. The van der Waals surface area contributed by atoms with Gasteiger partial charge in [0, 0.05) is 31.9 Å². The highest BCUT2D eigenvalue weighted by Crippen LogP contribution is 2.39. The van der Waals surface area contributed by atoms with Gasteiger partial charge in [-0.3, -0.25) is 4.99 Å². The van der Waals surface area contributed by atoms with E-state index in [1.165, 1.54) is 31.3 Å². The Balaban J connectivity index is 1.89. The summed E-state index contributed by atoms with van der Waals surface area (Å²) in [6, 6.07) is 0.162. The fourth-order valence-corrected chi connectivity index (χ4v) is 4.48. The van der Waals surface area contributed by atoms with Crippen LogP contribution in [0.15, 0.2) is 28.4 Å². The van der Waals surface area contributed by atoms with Crippen molar-refractivity contribution in [1.29, 1.82) is 0 Å². The Morgan fingerprint density at radius 3 is 2.70 bits per heavy atom. The molecule has 3 rings (SSSR count). The van der Waals surface area contributed by atoms with E-state index in [-0.39, 0.29) is 18.2 Å². The molecule has 4 nitrogen and oxygen atoms in total. The quantitative estimate of drug-likeness (QED) is 0.866. The van der Waals surface area contributed by atoms with Crippen LogP contribution in [0.2, 0.25) is 0 Å². The first-order valence-corrected chi connectivity index (χ1v) is 9.06. The first-order chi connectivity index (χ1) is 11.0. The summed E-state index contributed by atoms with van der Waals surface area (Å²) >= 11 is 0. The minimum Gasteiger partial charge on any atom is -0.392 e. The molecule has 0 aromatic heterocycles. The molecule has 0 saturated heterocycles. The summed E-state index contributed by atoms with van der Waals surface area (Å²) < 4.78 is 0. The molecule has 1 saturated carbocycles. The highest BCUT2D eigenvalue weighted by molar-refractivity contribution is 6.00. The molecule has 23 heavy (non-hydrogen) atoms. The van der Waals surface area contributed by atoms with E-state index in [9.17, 15) is 5.11 Å². The van der Waals surface area contributed by atoms with Gasteiger partial charge < -0.3 is 14.9 Å². The van der Waals surface area contributed by atoms with E-state index in [1.54, 1.807) is 0 Å². The summed E-state index contributed by atoms with van der Waals surface area (Å²) in [6.07, 6.45) is 9.84. The lowest BCUT2D eigenvalue weighted by molar-refractivity contribution is 0.251. The number of rotatable bonds is 4. The van der Waals surface area contributed by atoms with Gasteiger partial charge in [-0.05, 0) is 51.2 Å². The monoisotopic (exact) mass is 317 g/mol. The Bertz CT molecular complexity index is 545. The number of hydrogen-bond acceptors (Lipinski definition) is 4. The van der Waals surface area contributed by atoms with Crippen molar-refractivity contribution in [2.24, 2.45) is 10.9 Å². The van der Waals surface area contributed by atoms with E-state index in [2.05, 4.69) is 49.9 Å². The van der Waals surface area contributed by atoms with Gasteiger partial charge in [0.15, 0.2) is 0 Å². The summed E-state index contributed by atoms with van der Waals surface area (Å²) in [5.41, 5.74) is 2.15. The van der Waals surface area contributed by atoms with Crippen LogP contribution in [0.4, 0.5) is 0 Å². The average molecular weight is 317 g/mol. The number of hydrogen-bond donors (Lipinski definition) is 1. The second kappa shape index (κ2) is 6.31. The molecule has 2 heterocycles. The third-order valence-electron chi connectivity index (χ3n) is 5.95. The molecule has 1 N–H and O–H groups in total. The summed E-state index contributed by atoms with van der Waals surface area (Å²) in [4.78, 5) is 9.74.